The first-order valence-electron chi connectivity index (χ1n) is 12.8. The van der Waals surface area contributed by atoms with E-state index in [0.29, 0.717) is 24.2 Å². The highest BCUT2D eigenvalue weighted by atomic mass is 32.2. The van der Waals surface area contributed by atoms with Gasteiger partial charge in [0.05, 0.1) is 14.2 Å². The molecular weight excluding hydrogens is 636 g/mol. The Morgan fingerprint density at radius 3 is 2.23 bits per heavy atom. The number of ether oxygens (including phenoxy) is 1. The molecule has 44 heavy (non-hydrogen) atoms. The number of phenolic OH excluding ortho intramolecular Hbond substituents is 1. The molecule has 0 unspecified atom stereocenters. The van der Waals surface area contributed by atoms with Gasteiger partial charge in [-0.15, -0.1) is 3.97 Å². The Kier molecular flexibility index (Phi) is 10.3. The summed E-state index contributed by atoms with van der Waals surface area (Å²) in [7, 11) is -6.70. The van der Waals surface area contributed by atoms with Gasteiger partial charge in [0.25, 0.3) is 11.7 Å². The molecule has 1 fully saturated rings. The first-order valence-corrected chi connectivity index (χ1v) is 15.6. The number of nitrogens with zero attached hydrogens (tertiary/aromatic N) is 3. The lowest BCUT2D eigenvalue weighted by atomic mass is 9.73. The average molecular weight is 667 g/mol. The third kappa shape index (κ3) is 7.48. The van der Waals surface area contributed by atoms with Crippen LogP contribution >= 0.6 is 0 Å². The van der Waals surface area contributed by atoms with Gasteiger partial charge in [-0.1, -0.05) is 18.2 Å². The smallest absolute Gasteiger partial charge is 0.485 e. The van der Waals surface area contributed by atoms with Crippen molar-refractivity contribution in [2.75, 3.05) is 26.7 Å². The zero-order valence-corrected chi connectivity index (χ0v) is 25.3. The molecule has 0 spiro atoms. The van der Waals surface area contributed by atoms with Crippen LogP contribution in [0, 0.1) is 12.7 Å². The Bertz CT molecular complexity index is 1720. The van der Waals surface area contributed by atoms with E-state index in [-0.39, 0.29) is 36.7 Å². The third-order valence-corrected chi connectivity index (χ3v) is 9.74. The molecule has 3 aromatic rings. The summed E-state index contributed by atoms with van der Waals surface area (Å²) in [5, 5.41) is 13.1. The van der Waals surface area contributed by atoms with Crippen LogP contribution in [0.25, 0.3) is 0 Å². The molecule has 1 aliphatic rings. The van der Waals surface area contributed by atoms with Crippen molar-refractivity contribution in [1.29, 1.82) is 0 Å². The van der Waals surface area contributed by atoms with Crippen LogP contribution in [0.4, 0.5) is 17.6 Å². The van der Waals surface area contributed by atoms with Crippen molar-refractivity contribution in [1.82, 2.24) is 13.6 Å². The highest BCUT2D eigenvalue weighted by Crippen LogP contribution is 2.37. The number of halogens is 4. The van der Waals surface area contributed by atoms with Crippen molar-refractivity contribution in [3.05, 3.63) is 77.6 Å². The number of amides is 1. The molecule has 1 aromatic heterocycles. The van der Waals surface area contributed by atoms with Gasteiger partial charge >= 0.3 is 15.7 Å². The molecule has 4 rings (SSSR count). The maximum absolute atomic E-state index is 14.2. The molecule has 0 saturated carbocycles. The zero-order valence-electron chi connectivity index (χ0n) is 23.7. The van der Waals surface area contributed by atoms with E-state index in [0.717, 1.165) is 0 Å². The minimum atomic E-state index is -6.09. The SMILES string of the molecule is COc1cccc(O)c1C(=O)NCC1(c2cccc(F)c2)CCN(S(=O)(=O)n2cc[n+](C)c2C)CC1.O=S(=O)([O-])C(F)(F)F. The van der Waals surface area contributed by atoms with Gasteiger partial charge in [0.1, 0.15) is 35.3 Å². The van der Waals surface area contributed by atoms with E-state index in [4.69, 9.17) is 17.7 Å². The summed E-state index contributed by atoms with van der Waals surface area (Å²) in [6, 6.07) is 10.7. The topological polar surface area (TPSA) is 162 Å². The fourth-order valence-electron chi connectivity index (χ4n) is 4.69. The number of aryl methyl sites for hydroxylation is 1. The van der Waals surface area contributed by atoms with E-state index in [1.165, 1.54) is 39.8 Å². The van der Waals surface area contributed by atoms with Gasteiger partial charge < -0.3 is 19.7 Å². The van der Waals surface area contributed by atoms with E-state index in [1.54, 1.807) is 49.0 Å². The summed E-state index contributed by atoms with van der Waals surface area (Å²) >= 11 is 0. The van der Waals surface area contributed by atoms with Crippen molar-refractivity contribution >= 4 is 26.2 Å². The highest BCUT2D eigenvalue weighted by Gasteiger charge is 2.42. The standard InChI is InChI=1S/C25H29FN4O5S.CHF3O3S/c1-18-28(2)14-15-30(18)36(33,34)29-12-10-25(11-13-29,19-6-4-7-20(26)16-19)17-27-24(32)23-21(31)8-5-9-22(23)35-3;2-1(3,4)8(5,6)7/h4-9,14-16H,10-13,17H2,1-3H3,(H-,27,31,32);(H,5,6,7). The summed E-state index contributed by atoms with van der Waals surface area (Å²) in [4.78, 5) is 13.0. The molecule has 1 saturated heterocycles. The van der Waals surface area contributed by atoms with Crippen LogP contribution in [-0.4, -0.2) is 72.9 Å². The quantitative estimate of drug-likeness (QED) is 0.168. The summed E-state index contributed by atoms with van der Waals surface area (Å²) in [5.41, 5.74) is -5.68. The number of imidazole rings is 1. The van der Waals surface area contributed by atoms with Crippen LogP contribution in [0.1, 0.15) is 34.6 Å². The van der Waals surface area contributed by atoms with Crippen molar-refractivity contribution in [2.45, 2.75) is 30.7 Å². The lowest BCUT2D eigenvalue weighted by Crippen LogP contribution is -2.51. The van der Waals surface area contributed by atoms with Crippen LogP contribution in [0.15, 0.2) is 54.9 Å². The summed E-state index contributed by atoms with van der Waals surface area (Å²) in [5.74, 6) is -0.371. The van der Waals surface area contributed by atoms with Crippen LogP contribution in [-0.2, 0) is 32.8 Å². The molecule has 1 amide bonds. The van der Waals surface area contributed by atoms with Crippen molar-refractivity contribution in [3.63, 3.8) is 0 Å². The second kappa shape index (κ2) is 13.1. The summed E-state index contributed by atoms with van der Waals surface area (Å²) < 4.78 is 109. The highest BCUT2D eigenvalue weighted by molar-refractivity contribution is 7.87. The number of benzene rings is 2. The summed E-state index contributed by atoms with van der Waals surface area (Å²) in [6.45, 7) is 2.23. The van der Waals surface area contributed by atoms with Gasteiger partial charge in [0, 0.05) is 32.0 Å². The maximum Gasteiger partial charge on any atom is 0.485 e. The zero-order chi connectivity index (χ0) is 33.1. The van der Waals surface area contributed by atoms with Crippen molar-refractivity contribution in [3.8, 4) is 11.5 Å². The van der Waals surface area contributed by atoms with Gasteiger partial charge in [0.2, 0.25) is 0 Å². The summed E-state index contributed by atoms with van der Waals surface area (Å²) in [6.07, 6.45) is 3.91. The largest absolute Gasteiger partial charge is 0.741 e. The van der Waals surface area contributed by atoms with Crippen LogP contribution in [0.2, 0.25) is 0 Å². The van der Waals surface area contributed by atoms with Crippen molar-refractivity contribution < 1.29 is 58.2 Å². The Labute approximate surface area is 251 Å². The third-order valence-electron chi connectivity index (χ3n) is 7.27. The maximum atomic E-state index is 14.2. The molecule has 1 aliphatic heterocycles. The molecule has 0 atom stereocenters. The average Bonchev–Trinajstić information content (AvgIpc) is 3.29. The van der Waals surface area contributed by atoms with Crippen molar-refractivity contribution in [2.24, 2.45) is 7.05 Å². The van der Waals surface area contributed by atoms with Crippen LogP contribution in [0.5, 0.6) is 11.5 Å². The molecule has 2 aromatic carbocycles. The number of carbonyl (C=O) groups excluding carboxylic acids is 1. The number of alkyl halides is 3. The first-order chi connectivity index (χ1) is 20.3. The molecule has 0 radical (unpaired) electrons. The number of methoxy groups -OCH3 is 1. The Hall–Kier alpha value is -3.74. The number of nitrogens with one attached hydrogen (secondary N) is 1. The number of aromatic nitrogens is 2. The molecular formula is C26H30F4N4O8S2. The van der Waals surface area contributed by atoms with Crippen LogP contribution in [0.3, 0.4) is 0 Å². The molecule has 2 N–H and O–H groups in total. The number of aromatic hydroxyl groups is 1. The predicted molar refractivity (Wildman–Crippen MR) is 146 cm³/mol. The first kappa shape index (κ1) is 34.7. The number of rotatable bonds is 7. The lowest BCUT2D eigenvalue weighted by molar-refractivity contribution is -0.676. The number of carbonyl (C=O) groups is 1. The Morgan fingerprint density at radius 2 is 1.73 bits per heavy atom. The van der Waals surface area contributed by atoms with E-state index < -0.39 is 43.0 Å². The van der Waals surface area contributed by atoms with Gasteiger partial charge in [-0.3, -0.25) is 4.79 Å². The lowest BCUT2D eigenvalue weighted by Gasteiger charge is -2.41. The number of piperidine rings is 1. The van der Waals surface area contributed by atoms with Crippen LogP contribution < -0.4 is 14.6 Å². The minimum Gasteiger partial charge on any atom is -0.741 e. The normalized spacial score (nSPS) is 15.6. The van der Waals surface area contributed by atoms with Gasteiger partial charge in [0.15, 0.2) is 10.1 Å². The molecule has 242 valence electrons. The molecule has 12 nitrogen and oxygen atoms in total. The molecule has 0 aliphatic carbocycles. The fourth-order valence-corrected chi connectivity index (χ4v) is 6.25. The Balaban J connectivity index is 0.000000583. The van der Waals surface area contributed by atoms with E-state index in [1.807, 2.05) is 0 Å². The van der Waals surface area contributed by atoms with E-state index in [9.17, 15) is 35.9 Å². The minimum absolute atomic E-state index is 0.00496. The number of hydrogen-bond acceptors (Lipinski definition) is 8. The molecule has 18 heteroatoms. The monoisotopic (exact) mass is 666 g/mol. The number of phenols is 1. The molecule has 0 bridgehead atoms. The van der Waals surface area contributed by atoms with Gasteiger partial charge in [-0.25, -0.2) is 17.4 Å². The van der Waals surface area contributed by atoms with Gasteiger partial charge in [-0.05, 0) is 42.7 Å². The second-order valence-electron chi connectivity index (χ2n) is 9.89. The fraction of sp³-hybridized carbons (Fsp3) is 0.385. The van der Waals surface area contributed by atoms with E-state index in [2.05, 4.69) is 5.32 Å². The predicted octanol–water partition coefficient (Wildman–Crippen LogP) is 2.08. The Morgan fingerprint density at radius 1 is 1.14 bits per heavy atom. The number of hydrogen-bond donors (Lipinski definition) is 2. The molecule has 2 heterocycles. The second-order valence-corrected chi connectivity index (χ2v) is 13.1. The van der Waals surface area contributed by atoms with Gasteiger partial charge in [-0.2, -0.15) is 25.9 Å². The van der Waals surface area contributed by atoms with E-state index >= 15 is 0 Å².